The molecule has 0 saturated heterocycles. The Kier molecular flexibility index (Phi) is 3.33. The second-order valence-corrected chi connectivity index (χ2v) is 5.27. The van der Waals surface area contributed by atoms with Gasteiger partial charge >= 0.3 is 0 Å². The van der Waals surface area contributed by atoms with Crippen molar-refractivity contribution < 1.29 is 14.4 Å². The topological polar surface area (TPSA) is 70.2 Å². The number of hydrogen-bond acceptors (Lipinski definition) is 3. The van der Waals surface area contributed by atoms with Crippen molar-refractivity contribution in [2.45, 2.75) is 25.8 Å². The Labute approximate surface area is 121 Å². The Bertz CT molecular complexity index is 732. The summed E-state index contributed by atoms with van der Waals surface area (Å²) in [6.07, 6.45) is 1.67. The summed E-state index contributed by atoms with van der Waals surface area (Å²) in [5.41, 5.74) is 2.31. The molecule has 1 unspecified atom stereocenters. The van der Waals surface area contributed by atoms with Crippen LogP contribution in [0.5, 0.6) is 0 Å². The molecule has 0 radical (unpaired) electrons. The highest BCUT2D eigenvalue weighted by atomic mass is 16.2. The molecule has 21 heavy (non-hydrogen) atoms. The minimum Gasteiger partial charge on any atom is -0.352 e. The van der Waals surface area contributed by atoms with Gasteiger partial charge in [-0.15, -0.1) is 0 Å². The molecule has 1 N–H and O–H groups in total. The van der Waals surface area contributed by atoms with Gasteiger partial charge in [0.2, 0.25) is 5.91 Å². The van der Waals surface area contributed by atoms with E-state index in [2.05, 4.69) is 4.98 Å². The second-order valence-electron chi connectivity index (χ2n) is 5.27. The maximum absolute atomic E-state index is 12.1. The summed E-state index contributed by atoms with van der Waals surface area (Å²) in [7, 11) is 0. The van der Waals surface area contributed by atoms with Gasteiger partial charge in [-0.25, -0.2) is 0 Å². The lowest BCUT2D eigenvalue weighted by atomic mass is 9.88. The number of aromatic amines is 1. The van der Waals surface area contributed by atoms with Crippen LogP contribution in [0.15, 0.2) is 24.3 Å². The number of nitrogens with zero attached hydrogens (tertiary/aromatic N) is 1. The molecule has 2 aromatic rings. The maximum Gasteiger partial charge on any atom is 0.220 e. The number of carbonyl (C=O) groups is 3. The number of carbonyl (C=O) groups excluding carboxylic acids is 3. The van der Waals surface area contributed by atoms with Gasteiger partial charge in [0.05, 0.1) is 18.3 Å². The zero-order chi connectivity index (χ0) is 15.0. The van der Waals surface area contributed by atoms with E-state index in [1.165, 1.54) is 6.92 Å². The van der Waals surface area contributed by atoms with Crippen molar-refractivity contribution >= 4 is 28.9 Å². The smallest absolute Gasteiger partial charge is 0.220 e. The summed E-state index contributed by atoms with van der Waals surface area (Å²) in [6.45, 7) is 1.50. The molecule has 1 aliphatic carbocycles. The van der Waals surface area contributed by atoms with Crippen molar-refractivity contribution in [1.82, 2.24) is 9.88 Å². The quantitative estimate of drug-likeness (QED) is 0.879. The third-order valence-corrected chi connectivity index (χ3v) is 4.06. The maximum atomic E-state index is 12.1. The molecule has 0 aliphatic heterocycles. The molecule has 3 rings (SSSR count). The molecule has 0 spiro atoms. The minimum absolute atomic E-state index is 0.0487. The predicted octanol–water partition coefficient (Wildman–Crippen LogP) is 2.23. The van der Waals surface area contributed by atoms with Crippen molar-refractivity contribution in [3.63, 3.8) is 0 Å². The van der Waals surface area contributed by atoms with Gasteiger partial charge in [-0.1, -0.05) is 18.2 Å². The first kappa shape index (κ1) is 13.5. The normalized spacial score (nSPS) is 17.6. The predicted molar refractivity (Wildman–Crippen MR) is 78.1 cm³/mol. The van der Waals surface area contributed by atoms with Crippen LogP contribution in [0.1, 0.15) is 41.9 Å². The molecule has 1 aromatic carbocycles. The number of aromatic nitrogens is 1. The van der Waals surface area contributed by atoms with Gasteiger partial charge < -0.3 is 14.7 Å². The number of amides is 1. The molecule has 0 fully saturated rings. The Morgan fingerprint density at radius 3 is 2.90 bits per heavy atom. The van der Waals surface area contributed by atoms with Crippen molar-refractivity contribution in [3.8, 4) is 0 Å². The molecule has 108 valence electrons. The number of Topliss-reactive ketones (excluding diaryl/α,β-unsaturated/α-hetero) is 1. The highest BCUT2D eigenvalue weighted by molar-refractivity contribution is 6.04. The minimum atomic E-state index is -0.225. The van der Waals surface area contributed by atoms with Crippen LogP contribution >= 0.6 is 0 Å². The SMILES string of the molecule is CC(=O)N(CC=O)C1CCC(=O)c2[nH]c3ccccc3c21. The average molecular weight is 284 g/mol. The first-order valence-corrected chi connectivity index (χ1v) is 6.98. The average Bonchev–Trinajstić information content (AvgIpc) is 2.86. The Hall–Kier alpha value is -2.43. The second kappa shape index (κ2) is 5.16. The summed E-state index contributed by atoms with van der Waals surface area (Å²) in [5, 5.41) is 0.947. The first-order chi connectivity index (χ1) is 10.1. The largest absolute Gasteiger partial charge is 0.352 e. The molecule has 1 heterocycles. The number of para-hydroxylation sites is 1. The highest BCUT2D eigenvalue weighted by Gasteiger charge is 2.34. The Morgan fingerprint density at radius 2 is 2.19 bits per heavy atom. The zero-order valence-corrected chi connectivity index (χ0v) is 11.8. The molecule has 5 heteroatoms. The van der Waals surface area contributed by atoms with Crippen molar-refractivity contribution in [2.75, 3.05) is 6.54 Å². The molecular weight excluding hydrogens is 268 g/mol. The summed E-state index contributed by atoms with van der Waals surface area (Å²) in [6, 6.07) is 7.43. The lowest BCUT2D eigenvalue weighted by Crippen LogP contribution is -2.37. The van der Waals surface area contributed by atoms with Gasteiger partial charge in [0, 0.05) is 29.8 Å². The molecular formula is C16H16N2O3. The van der Waals surface area contributed by atoms with Gasteiger partial charge in [0.1, 0.15) is 6.29 Å². The van der Waals surface area contributed by atoms with Gasteiger partial charge in [-0.3, -0.25) is 9.59 Å². The van der Waals surface area contributed by atoms with Gasteiger partial charge in [-0.05, 0) is 12.5 Å². The van der Waals surface area contributed by atoms with Crippen molar-refractivity contribution in [3.05, 3.63) is 35.5 Å². The number of rotatable bonds is 3. The zero-order valence-electron chi connectivity index (χ0n) is 11.8. The number of aldehydes is 1. The molecule has 5 nitrogen and oxygen atoms in total. The number of H-pyrrole nitrogens is 1. The third kappa shape index (κ3) is 2.14. The first-order valence-electron chi connectivity index (χ1n) is 6.98. The number of benzene rings is 1. The van der Waals surface area contributed by atoms with E-state index in [1.807, 2.05) is 24.3 Å². The van der Waals surface area contributed by atoms with Crippen molar-refractivity contribution in [2.24, 2.45) is 0 Å². The molecule has 0 bridgehead atoms. The fourth-order valence-electron chi connectivity index (χ4n) is 3.13. The van der Waals surface area contributed by atoms with Crippen LogP contribution < -0.4 is 0 Å². The Morgan fingerprint density at radius 1 is 1.43 bits per heavy atom. The van der Waals surface area contributed by atoms with E-state index in [4.69, 9.17) is 0 Å². The van der Waals surface area contributed by atoms with E-state index in [-0.39, 0.29) is 24.3 Å². The van der Waals surface area contributed by atoms with Crippen LogP contribution in [0.2, 0.25) is 0 Å². The fourth-order valence-corrected chi connectivity index (χ4v) is 3.13. The molecule has 1 aliphatic rings. The summed E-state index contributed by atoms with van der Waals surface area (Å²) in [5.74, 6) is -0.0928. The molecule has 1 atom stereocenters. The van der Waals surface area contributed by atoms with Crippen LogP contribution in [0.3, 0.4) is 0 Å². The van der Waals surface area contributed by atoms with E-state index in [1.54, 1.807) is 4.90 Å². The molecule has 1 aromatic heterocycles. The fraction of sp³-hybridized carbons (Fsp3) is 0.312. The number of hydrogen-bond donors (Lipinski definition) is 1. The van der Waals surface area contributed by atoms with Gasteiger partial charge in [0.25, 0.3) is 0 Å². The van der Waals surface area contributed by atoms with Crippen LogP contribution in [0.25, 0.3) is 10.9 Å². The van der Waals surface area contributed by atoms with E-state index < -0.39 is 0 Å². The van der Waals surface area contributed by atoms with Crippen molar-refractivity contribution in [1.29, 1.82) is 0 Å². The standard InChI is InChI=1S/C16H16N2O3/c1-10(20)18(8-9-19)13-6-7-14(21)16-15(13)11-4-2-3-5-12(11)17-16/h2-5,9,13,17H,6-8H2,1H3. The summed E-state index contributed by atoms with van der Waals surface area (Å²) in [4.78, 5) is 39.6. The van der Waals surface area contributed by atoms with Crippen LogP contribution in [0, 0.1) is 0 Å². The van der Waals surface area contributed by atoms with Crippen LogP contribution in [-0.4, -0.2) is 34.4 Å². The van der Waals surface area contributed by atoms with Gasteiger partial charge in [0.15, 0.2) is 5.78 Å². The summed E-state index contributed by atoms with van der Waals surface area (Å²) >= 11 is 0. The number of nitrogens with one attached hydrogen (secondary N) is 1. The Balaban J connectivity index is 2.18. The third-order valence-electron chi connectivity index (χ3n) is 4.06. The lowest BCUT2D eigenvalue weighted by Gasteiger charge is -2.32. The highest BCUT2D eigenvalue weighted by Crippen LogP contribution is 2.38. The van der Waals surface area contributed by atoms with E-state index in [9.17, 15) is 14.4 Å². The van der Waals surface area contributed by atoms with Crippen LogP contribution in [0.4, 0.5) is 0 Å². The van der Waals surface area contributed by atoms with Crippen LogP contribution in [-0.2, 0) is 9.59 Å². The van der Waals surface area contributed by atoms with Gasteiger partial charge in [-0.2, -0.15) is 0 Å². The monoisotopic (exact) mass is 284 g/mol. The molecule has 0 saturated carbocycles. The number of ketones is 1. The van der Waals surface area contributed by atoms with E-state index >= 15 is 0 Å². The van der Waals surface area contributed by atoms with E-state index in [0.717, 1.165) is 22.8 Å². The lowest BCUT2D eigenvalue weighted by molar-refractivity contribution is -0.133. The molecule has 1 amide bonds. The number of fused-ring (bicyclic) bond motifs is 3. The summed E-state index contributed by atoms with van der Waals surface area (Å²) < 4.78 is 0. The van der Waals surface area contributed by atoms with E-state index in [0.29, 0.717) is 18.5 Å².